The van der Waals surface area contributed by atoms with Gasteiger partial charge in [0, 0.05) is 62.5 Å². The van der Waals surface area contributed by atoms with Gasteiger partial charge in [-0.3, -0.25) is 9.48 Å². The molecular formula is C27H32N4O5. The number of aryl methyl sites for hydroxylation is 1. The lowest BCUT2D eigenvalue weighted by Gasteiger charge is -2.15. The van der Waals surface area contributed by atoms with Gasteiger partial charge in [0.15, 0.2) is 5.82 Å². The van der Waals surface area contributed by atoms with E-state index in [1.807, 2.05) is 37.3 Å². The highest BCUT2D eigenvalue weighted by Crippen LogP contribution is 2.20. The maximum atomic E-state index is 12.9. The third-order valence-electron chi connectivity index (χ3n) is 4.85. The van der Waals surface area contributed by atoms with Crippen molar-refractivity contribution >= 4 is 17.4 Å². The summed E-state index contributed by atoms with van der Waals surface area (Å²) in [6.45, 7) is 3.76. The molecule has 9 heteroatoms. The number of rotatable bonds is 12. The second kappa shape index (κ2) is 13.9. The van der Waals surface area contributed by atoms with E-state index < -0.39 is 0 Å². The number of methoxy groups -OCH3 is 2. The Labute approximate surface area is 211 Å². The van der Waals surface area contributed by atoms with Crippen molar-refractivity contribution in [3.05, 3.63) is 71.4 Å². The zero-order valence-electron chi connectivity index (χ0n) is 21.0. The predicted molar refractivity (Wildman–Crippen MR) is 138 cm³/mol. The van der Waals surface area contributed by atoms with E-state index in [9.17, 15) is 4.79 Å². The highest BCUT2D eigenvalue weighted by molar-refractivity contribution is 6.04. The predicted octanol–water partition coefficient (Wildman–Crippen LogP) is 3.52. The van der Waals surface area contributed by atoms with Crippen LogP contribution in [0.2, 0.25) is 0 Å². The van der Waals surface area contributed by atoms with E-state index in [-0.39, 0.29) is 18.8 Å². The van der Waals surface area contributed by atoms with Crippen LogP contribution in [0, 0.1) is 11.8 Å². The van der Waals surface area contributed by atoms with E-state index in [4.69, 9.17) is 18.9 Å². The van der Waals surface area contributed by atoms with Crippen LogP contribution in [-0.2, 0) is 21.3 Å². The maximum Gasteiger partial charge on any atom is 0.257 e. The molecule has 0 spiro atoms. The fourth-order valence-corrected chi connectivity index (χ4v) is 3.30. The van der Waals surface area contributed by atoms with Gasteiger partial charge in [0.1, 0.15) is 18.6 Å². The molecule has 1 heterocycles. The summed E-state index contributed by atoms with van der Waals surface area (Å²) in [5.41, 5.74) is 2.83. The van der Waals surface area contributed by atoms with Crippen LogP contribution in [0.15, 0.2) is 54.7 Å². The molecule has 1 aromatic heterocycles. The molecule has 0 saturated carbocycles. The number of anilines is 2. The molecule has 0 fully saturated rings. The molecule has 36 heavy (non-hydrogen) atoms. The monoisotopic (exact) mass is 492 g/mol. The van der Waals surface area contributed by atoms with Crippen molar-refractivity contribution in [1.29, 1.82) is 0 Å². The van der Waals surface area contributed by atoms with Gasteiger partial charge < -0.3 is 29.6 Å². The Morgan fingerprint density at radius 3 is 2.67 bits per heavy atom. The van der Waals surface area contributed by atoms with Crippen molar-refractivity contribution in [2.45, 2.75) is 13.0 Å². The number of carbonyl (C=O) groups excluding carboxylic acids is 1. The van der Waals surface area contributed by atoms with Crippen molar-refractivity contribution in [2.24, 2.45) is 7.05 Å². The van der Waals surface area contributed by atoms with Gasteiger partial charge in [-0.2, -0.15) is 5.10 Å². The first-order valence-corrected chi connectivity index (χ1v) is 11.5. The first kappa shape index (κ1) is 26.8. The summed E-state index contributed by atoms with van der Waals surface area (Å²) in [6.07, 6.45) is 1.56. The molecule has 2 aromatic carbocycles. The summed E-state index contributed by atoms with van der Waals surface area (Å²) in [4.78, 5) is 12.9. The number of carbonyl (C=O) groups is 1. The highest BCUT2D eigenvalue weighted by atomic mass is 16.7. The Kier molecular flexibility index (Phi) is 10.3. The van der Waals surface area contributed by atoms with Gasteiger partial charge in [-0.25, -0.2) is 0 Å². The number of nitrogens with one attached hydrogen (secondary N) is 2. The third-order valence-corrected chi connectivity index (χ3v) is 4.85. The normalized spacial score (nSPS) is 11.3. The van der Waals surface area contributed by atoms with Crippen molar-refractivity contribution in [3.63, 3.8) is 0 Å². The molecular weight excluding hydrogens is 460 g/mol. The number of nitrogens with zero attached hydrogens (tertiary/aromatic N) is 2. The van der Waals surface area contributed by atoms with Crippen LogP contribution < -0.4 is 15.4 Å². The number of hydrogen-bond donors (Lipinski definition) is 2. The Hall–Kier alpha value is -3.84. The Balaban J connectivity index is 1.79. The lowest BCUT2D eigenvalue weighted by Crippen LogP contribution is -2.19. The van der Waals surface area contributed by atoms with Crippen molar-refractivity contribution in [2.75, 3.05) is 51.4 Å². The Morgan fingerprint density at radius 2 is 1.92 bits per heavy atom. The first-order valence-electron chi connectivity index (χ1n) is 11.5. The average Bonchev–Trinajstić information content (AvgIpc) is 3.27. The summed E-state index contributed by atoms with van der Waals surface area (Å²) in [7, 11) is 4.99. The van der Waals surface area contributed by atoms with Gasteiger partial charge in [0.2, 0.25) is 0 Å². The van der Waals surface area contributed by atoms with Crippen LogP contribution in [0.4, 0.5) is 11.5 Å². The lowest BCUT2D eigenvalue weighted by atomic mass is 10.1. The van der Waals surface area contributed by atoms with E-state index in [1.165, 1.54) is 0 Å². The van der Waals surface area contributed by atoms with Gasteiger partial charge in [-0.15, -0.1) is 0 Å². The second-order valence-electron chi connectivity index (χ2n) is 8.03. The van der Waals surface area contributed by atoms with Crippen LogP contribution >= 0.6 is 0 Å². The fraction of sp³-hybridized carbons (Fsp3) is 0.333. The van der Waals surface area contributed by atoms with Gasteiger partial charge >= 0.3 is 0 Å². The Bertz CT molecular complexity index is 1200. The minimum Gasteiger partial charge on any atom is -0.488 e. The SMILES string of the molecule is COCOCCNc1cccc(C#Cc2cc(O[C@@H](C)COC)cc(C(=O)Nc3ccn(C)n3)c2)c1. The van der Waals surface area contributed by atoms with Gasteiger partial charge in [0.05, 0.1) is 13.2 Å². The minimum atomic E-state index is -0.302. The maximum absolute atomic E-state index is 12.9. The van der Waals surface area contributed by atoms with Gasteiger partial charge in [-0.05, 0) is 43.3 Å². The van der Waals surface area contributed by atoms with Crippen LogP contribution in [0.1, 0.15) is 28.4 Å². The number of ether oxygens (including phenoxy) is 4. The lowest BCUT2D eigenvalue weighted by molar-refractivity contribution is -0.0262. The van der Waals surface area contributed by atoms with Crippen LogP contribution in [0.25, 0.3) is 0 Å². The molecule has 2 N–H and O–H groups in total. The molecule has 0 radical (unpaired) electrons. The molecule has 1 amide bonds. The molecule has 0 unspecified atom stereocenters. The summed E-state index contributed by atoms with van der Waals surface area (Å²) in [5.74, 6) is 7.01. The highest BCUT2D eigenvalue weighted by Gasteiger charge is 2.12. The summed E-state index contributed by atoms with van der Waals surface area (Å²) in [5, 5.41) is 10.3. The molecule has 0 aliphatic rings. The number of aromatic nitrogens is 2. The van der Waals surface area contributed by atoms with E-state index in [0.29, 0.717) is 42.5 Å². The molecule has 190 valence electrons. The smallest absolute Gasteiger partial charge is 0.257 e. The van der Waals surface area contributed by atoms with E-state index >= 15 is 0 Å². The molecule has 9 nitrogen and oxygen atoms in total. The number of benzene rings is 2. The van der Waals surface area contributed by atoms with Crippen molar-refractivity contribution in [1.82, 2.24) is 9.78 Å². The van der Waals surface area contributed by atoms with Crippen LogP contribution in [-0.4, -0.2) is 62.6 Å². The zero-order valence-corrected chi connectivity index (χ0v) is 21.0. The van der Waals surface area contributed by atoms with Crippen molar-refractivity contribution in [3.8, 4) is 17.6 Å². The quantitative estimate of drug-likeness (QED) is 0.227. The standard InChI is InChI=1S/C27H32N4O5/c1-20(18-33-3)36-25-16-22(14-23(17-25)27(32)29-26-10-12-31(2)30-26)9-8-21-6-5-7-24(15-21)28-11-13-35-19-34-4/h5-7,10,12,14-17,20,28H,11,13,18-19H2,1-4H3,(H,29,30,32)/t20-/m0/s1. The molecule has 0 saturated heterocycles. The Morgan fingerprint density at radius 1 is 1.08 bits per heavy atom. The topological polar surface area (TPSA) is 95.9 Å². The van der Waals surface area contributed by atoms with Crippen LogP contribution in [0.3, 0.4) is 0 Å². The van der Waals surface area contributed by atoms with E-state index in [1.54, 1.807) is 50.3 Å². The summed E-state index contributed by atoms with van der Waals surface area (Å²) in [6, 6.07) is 14.7. The number of amides is 1. The minimum absolute atomic E-state index is 0.194. The van der Waals surface area contributed by atoms with Gasteiger partial charge in [-0.1, -0.05) is 17.9 Å². The average molecular weight is 493 g/mol. The second-order valence-corrected chi connectivity index (χ2v) is 8.03. The molecule has 0 bridgehead atoms. The third kappa shape index (κ3) is 8.74. The molecule has 1 atom stereocenters. The molecule has 0 aliphatic heterocycles. The van der Waals surface area contributed by atoms with Crippen molar-refractivity contribution < 1.29 is 23.7 Å². The fourth-order valence-electron chi connectivity index (χ4n) is 3.30. The first-order chi connectivity index (χ1) is 17.5. The molecule has 0 aliphatic carbocycles. The summed E-state index contributed by atoms with van der Waals surface area (Å²) >= 11 is 0. The zero-order chi connectivity index (χ0) is 25.8. The van der Waals surface area contributed by atoms with E-state index in [2.05, 4.69) is 27.6 Å². The van der Waals surface area contributed by atoms with Crippen LogP contribution in [0.5, 0.6) is 5.75 Å². The number of hydrogen-bond acceptors (Lipinski definition) is 7. The molecule has 3 rings (SSSR count). The van der Waals surface area contributed by atoms with Gasteiger partial charge in [0.25, 0.3) is 5.91 Å². The largest absolute Gasteiger partial charge is 0.488 e. The molecule has 3 aromatic rings. The van der Waals surface area contributed by atoms with E-state index in [0.717, 1.165) is 11.3 Å². The summed E-state index contributed by atoms with van der Waals surface area (Å²) < 4.78 is 22.9.